The quantitative estimate of drug-likeness (QED) is 0.559. The topological polar surface area (TPSA) is 62.1 Å². The Bertz CT molecular complexity index is 515. The second-order valence-electron chi connectivity index (χ2n) is 5.25. The van der Waals surface area contributed by atoms with Crippen molar-refractivity contribution in [2.75, 3.05) is 6.61 Å². The SMILES string of the molecule is CCCCCC(C)NC(=O)/C=C/c1ccc(OCC#N)cc1. The molecule has 0 radical (unpaired) electrons. The van der Waals surface area contributed by atoms with Gasteiger partial charge in [0.2, 0.25) is 5.91 Å². The monoisotopic (exact) mass is 300 g/mol. The van der Waals surface area contributed by atoms with Crippen molar-refractivity contribution >= 4 is 12.0 Å². The van der Waals surface area contributed by atoms with E-state index in [0.29, 0.717) is 5.75 Å². The summed E-state index contributed by atoms with van der Waals surface area (Å²) in [4.78, 5) is 11.8. The molecule has 22 heavy (non-hydrogen) atoms. The van der Waals surface area contributed by atoms with Crippen molar-refractivity contribution in [1.29, 1.82) is 5.26 Å². The van der Waals surface area contributed by atoms with Crippen LogP contribution >= 0.6 is 0 Å². The third-order valence-corrected chi connectivity index (χ3v) is 3.24. The van der Waals surface area contributed by atoms with Crippen LogP contribution in [0.1, 0.15) is 45.1 Å². The number of carbonyl (C=O) groups excluding carboxylic acids is 1. The molecular formula is C18H24N2O2. The van der Waals surface area contributed by atoms with E-state index < -0.39 is 0 Å². The highest BCUT2D eigenvalue weighted by Crippen LogP contribution is 2.13. The van der Waals surface area contributed by atoms with Gasteiger partial charge < -0.3 is 10.1 Å². The van der Waals surface area contributed by atoms with Gasteiger partial charge in [-0.1, -0.05) is 38.3 Å². The van der Waals surface area contributed by atoms with Crippen LogP contribution in [-0.4, -0.2) is 18.6 Å². The van der Waals surface area contributed by atoms with Crippen molar-refractivity contribution in [3.05, 3.63) is 35.9 Å². The maximum Gasteiger partial charge on any atom is 0.244 e. The van der Waals surface area contributed by atoms with Gasteiger partial charge in [0.05, 0.1) is 0 Å². The lowest BCUT2D eigenvalue weighted by Gasteiger charge is -2.11. The van der Waals surface area contributed by atoms with Crippen molar-refractivity contribution in [3.8, 4) is 11.8 Å². The molecule has 1 amide bonds. The van der Waals surface area contributed by atoms with Gasteiger partial charge in [0, 0.05) is 12.1 Å². The predicted molar refractivity (Wildman–Crippen MR) is 88.3 cm³/mol. The fraction of sp³-hybridized carbons (Fsp3) is 0.444. The van der Waals surface area contributed by atoms with Gasteiger partial charge in [-0.2, -0.15) is 5.26 Å². The molecule has 0 bridgehead atoms. The Morgan fingerprint density at radius 3 is 2.73 bits per heavy atom. The van der Waals surface area contributed by atoms with Crippen LogP contribution in [0.25, 0.3) is 6.08 Å². The average molecular weight is 300 g/mol. The first-order valence-electron chi connectivity index (χ1n) is 7.74. The zero-order valence-electron chi connectivity index (χ0n) is 13.3. The number of hydrogen-bond donors (Lipinski definition) is 1. The van der Waals surface area contributed by atoms with E-state index in [2.05, 4.69) is 12.2 Å². The van der Waals surface area contributed by atoms with Crippen LogP contribution in [0.4, 0.5) is 0 Å². The first-order valence-corrected chi connectivity index (χ1v) is 7.74. The van der Waals surface area contributed by atoms with Gasteiger partial charge in [-0.15, -0.1) is 0 Å². The fourth-order valence-corrected chi connectivity index (χ4v) is 2.03. The summed E-state index contributed by atoms with van der Waals surface area (Å²) in [6.45, 7) is 4.23. The lowest BCUT2D eigenvalue weighted by molar-refractivity contribution is -0.117. The van der Waals surface area contributed by atoms with Crippen LogP contribution in [0.3, 0.4) is 0 Å². The molecule has 4 heteroatoms. The van der Waals surface area contributed by atoms with E-state index in [1.165, 1.54) is 12.8 Å². The van der Waals surface area contributed by atoms with E-state index in [4.69, 9.17) is 10.00 Å². The van der Waals surface area contributed by atoms with Gasteiger partial charge in [-0.3, -0.25) is 4.79 Å². The molecule has 4 nitrogen and oxygen atoms in total. The van der Waals surface area contributed by atoms with E-state index in [0.717, 1.165) is 18.4 Å². The van der Waals surface area contributed by atoms with E-state index >= 15 is 0 Å². The Kier molecular flexibility index (Phi) is 8.44. The molecule has 0 fully saturated rings. The Morgan fingerprint density at radius 1 is 1.36 bits per heavy atom. The van der Waals surface area contributed by atoms with Crippen molar-refractivity contribution in [3.63, 3.8) is 0 Å². The number of ether oxygens (including phenoxy) is 1. The zero-order chi connectivity index (χ0) is 16.2. The summed E-state index contributed by atoms with van der Waals surface area (Å²) in [6.07, 6.45) is 7.86. The van der Waals surface area contributed by atoms with Gasteiger partial charge >= 0.3 is 0 Å². The molecule has 0 aliphatic carbocycles. The van der Waals surface area contributed by atoms with Gasteiger partial charge in [0.1, 0.15) is 11.8 Å². The molecule has 0 saturated carbocycles. The molecule has 0 aliphatic rings. The summed E-state index contributed by atoms with van der Waals surface area (Å²) in [5.74, 6) is 0.571. The normalized spacial score (nSPS) is 11.9. The molecule has 1 aromatic carbocycles. The second-order valence-corrected chi connectivity index (χ2v) is 5.25. The van der Waals surface area contributed by atoms with E-state index in [1.54, 1.807) is 24.3 Å². The highest BCUT2D eigenvalue weighted by atomic mass is 16.5. The van der Waals surface area contributed by atoms with Crippen molar-refractivity contribution in [2.45, 2.75) is 45.6 Å². The number of nitrogens with one attached hydrogen (secondary N) is 1. The molecule has 1 N–H and O–H groups in total. The largest absolute Gasteiger partial charge is 0.479 e. The average Bonchev–Trinajstić information content (AvgIpc) is 2.52. The summed E-state index contributed by atoms with van der Waals surface area (Å²) in [5, 5.41) is 11.4. The minimum atomic E-state index is -0.0752. The van der Waals surface area contributed by atoms with Crippen LogP contribution in [0.15, 0.2) is 30.3 Å². The van der Waals surface area contributed by atoms with Gasteiger partial charge in [0.25, 0.3) is 0 Å². The molecule has 1 unspecified atom stereocenters. The molecular weight excluding hydrogens is 276 g/mol. The van der Waals surface area contributed by atoms with Crippen LogP contribution in [0.5, 0.6) is 5.75 Å². The lowest BCUT2D eigenvalue weighted by Crippen LogP contribution is -2.30. The maximum absolute atomic E-state index is 11.8. The second kappa shape index (κ2) is 10.4. The van der Waals surface area contributed by atoms with Crippen LogP contribution in [0.2, 0.25) is 0 Å². The summed E-state index contributed by atoms with van der Waals surface area (Å²) in [5.41, 5.74) is 0.915. The van der Waals surface area contributed by atoms with Crippen molar-refractivity contribution in [2.24, 2.45) is 0 Å². The molecule has 0 spiro atoms. The number of carbonyl (C=O) groups is 1. The van der Waals surface area contributed by atoms with Gasteiger partial charge in [-0.25, -0.2) is 0 Å². The first-order chi connectivity index (χ1) is 10.7. The van der Waals surface area contributed by atoms with E-state index in [-0.39, 0.29) is 18.6 Å². The Morgan fingerprint density at radius 2 is 2.09 bits per heavy atom. The summed E-state index contributed by atoms with van der Waals surface area (Å²) < 4.78 is 5.17. The van der Waals surface area contributed by atoms with Crippen molar-refractivity contribution < 1.29 is 9.53 Å². The molecule has 0 aliphatic heterocycles. The Labute approximate surface area is 132 Å². The van der Waals surface area contributed by atoms with Crippen LogP contribution in [-0.2, 0) is 4.79 Å². The molecule has 118 valence electrons. The van der Waals surface area contributed by atoms with E-state index in [1.807, 2.05) is 25.1 Å². The highest BCUT2D eigenvalue weighted by Gasteiger charge is 2.03. The third-order valence-electron chi connectivity index (χ3n) is 3.24. The molecule has 1 atom stereocenters. The number of nitrogens with zero attached hydrogens (tertiary/aromatic N) is 1. The number of unbranched alkanes of at least 4 members (excludes halogenated alkanes) is 2. The lowest BCUT2D eigenvalue weighted by atomic mass is 10.1. The van der Waals surface area contributed by atoms with Gasteiger partial charge in [0.15, 0.2) is 6.61 Å². The standard InChI is InChI=1S/C18H24N2O2/c1-3-4-5-6-15(2)20-18(21)12-9-16-7-10-17(11-8-16)22-14-13-19/h7-12,15H,3-6,14H2,1-2H3,(H,20,21)/b12-9+. The Balaban J connectivity index is 2.40. The summed E-state index contributed by atoms with van der Waals surface area (Å²) in [6, 6.07) is 9.37. The Hall–Kier alpha value is -2.28. The number of benzene rings is 1. The minimum absolute atomic E-state index is 0.0352. The molecule has 1 rings (SSSR count). The number of amides is 1. The minimum Gasteiger partial charge on any atom is -0.479 e. The van der Waals surface area contributed by atoms with Crippen LogP contribution in [0, 0.1) is 11.3 Å². The van der Waals surface area contributed by atoms with Gasteiger partial charge in [-0.05, 0) is 37.1 Å². The predicted octanol–water partition coefficient (Wildman–Crippen LogP) is 3.69. The molecule has 0 heterocycles. The molecule has 0 aromatic heterocycles. The number of rotatable bonds is 9. The zero-order valence-corrected chi connectivity index (χ0v) is 13.3. The number of hydrogen-bond acceptors (Lipinski definition) is 3. The van der Waals surface area contributed by atoms with E-state index in [9.17, 15) is 4.79 Å². The maximum atomic E-state index is 11.8. The molecule has 1 aromatic rings. The van der Waals surface area contributed by atoms with Crippen LogP contribution < -0.4 is 10.1 Å². The van der Waals surface area contributed by atoms with Crippen molar-refractivity contribution in [1.82, 2.24) is 5.32 Å². The molecule has 0 saturated heterocycles. The highest BCUT2D eigenvalue weighted by molar-refractivity contribution is 5.91. The summed E-state index contributed by atoms with van der Waals surface area (Å²) in [7, 11) is 0. The number of nitriles is 1. The first kappa shape index (κ1) is 17.8. The summed E-state index contributed by atoms with van der Waals surface area (Å²) >= 11 is 0. The third kappa shape index (κ3) is 7.49. The fourth-order valence-electron chi connectivity index (χ4n) is 2.03. The smallest absolute Gasteiger partial charge is 0.244 e.